The zero-order valence-electron chi connectivity index (χ0n) is 12.6. The number of non-ortho nitro benzene ring substituents is 1. The Hall–Kier alpha value is -1.76. The zero-order chi connectivity index (χ0) is 16.1. The van der Waals surface area contributed by atoms with E-state index in [0.29, 0.717) is 6.42 Å². The van der Waals surface area contributed by atoms with Crippen molar-refractivity contribution < 1.29 is 10.0 Å². The highest BCUT2D eigenvalue weighted by Crippen LogP contribution is 2.24. The molecule has 0 amide bonds. The highest BCUT2D eigenvalue weighted by atomic mass is 32.1. The summed E-state index contributed by atoms with van der Waals surface area (Å²) in [5.41, 5.74) is 1.08. The van der Waals surface area contributed by atoms with Crippen molar-refractivity contribution >= 4 is 17.0 Å². The molecule has 2 aromatic rings. The molecule has 0 aliphatic heterocycles. The molecule has 1 heterocycles. The van der Waals surface area contributed by atoms with Gasteiger partial charge in [0.15, 0.2) is 0 Å². The average molecular weight is 320 g/mol. The molecule has 1 aromatic carbocycles. The van der Waals surface area contributed by atoms with E-state index in [1.54, 1.807) is 23.5 Å². The third-order valence-electron chi connectivity index (χ3n) is 3.59. The van der Waals surface area contributed by atoms with Crippen LogP contribution in [0.1, 0.15) is 42.9 Å². The molecule has 0 bridgehead atoms. The fraction of sp³-hybridized carbons (Fsp3) is 0.375. The van der Waals surface area contributed by atoms with E-state index in [-0.39, 0.29) is 17.8 Å². The summed E-state index contributed by atoms with van der Waals surface area (Å²) >= 11 is 1.55. The minimum Gasteiger partial charge on any atom is -0.388 e. The summed E-state index contributed by atoms with van der Waals surface area (Å²) in [6, 6.07) is 10.6. The second kappa shape index (κ2) is 7.49. The second-order valence-electron chi connectivity index (χ2n) is 5.40. The van der Waals surface area contributed by atoms with E-state index in [4.69, 9.17) is 0 Å². The van der Waals surface area contributed by atoms with Crippen molar-refractivity contribution in [2.75, 3.05) is 0 Å². The maximum absolute atomic E-state index is 10.7. The first-order valence-corrected chi connectivity index (χ1v) is 8.07. The summed E-state index contributed by atoms with van der Waals surface area (Å²) in [6.07, 6.45) is 0.157. The minimum atomic E-state index is -0.466. The van der Waals surface area contributed by atoms with Crippen molar-refractivity contribution in [2.45, 2.75) is 38.5 Å². The van der Waals surface area contributed by atoms with E-state index in [1.165, 1.54) is 12.1 Å². The molecular formula is C16H20N2O3S. The quantitative estimate of drug-likeness (QED) is 0.601. The zero-order valence-corrected chi connectivity index (χ0v) is 13.4. The van der Waals surface area contributed by atoms with Crippen LogP contribution < -0.4 is 5.32 Å². The number of aliphatic hydroxyl groups excluding tert-OH is 1. The summed E-state index contributed by atoms with van der Waals surface area (Å²) in [5.74, 6) is 0. The van der Waals surface area contributed by atoms with Gasteiger partial charge in [-0.15, -0.1) is 11.3 Å². The van der Waals surface area contributed by atoms with Gasteiger partial charge < -0.3 is 10.4 Å². The average Bonchev–Trinajstić information content (AvgIpc) is 3.01. The van der Waals surface area contributed by atoms with Gasteiger partial charge in [-0.1, -0.05) is 18.2 Å². The lowest BCUT2D eigenvalue weighted by molar-refractivity contribution is -0.384. The Kier molecular flexibility index (Phi) is 5.65. The van der Waals surface area contributed by atoms with Crippen LogP contribution in [0.3, 0.4) is 0 Å². The molecule has 2 rings (SSSR count). The number of aliphatic hydroxyl groups is 1. The van der Waals surface area contributed by atoms with Gasteiger partial charge in [0.25, 0.3) is 5.69 Å². The normalized spacial score (nSPS) is 15.2. The maximum atomic E-state index is 10.7. The number of benzene rings is 1. The maximum Gasteiger partial charge on any atom is 0.269 e. The van der Waals surface area contributed by atoms with Crippen molar-refractivity contribution in [2.24, 2.45) is 0 Å². The molecule has 0 aliphatic carbocycles. The monoisotopic (exact) mass is 320 g/mol. The lowest BCUT2D eigenvalue weighted by Gasteiger charge is -2.22. The van der Waals surface area contributed by atoms with Gasteiger partial charge in [-0.3, -0.25) is 10.1 Å². The number of nitrogens with zero attached hydrogens (tertiary/aromatic N) is 1. The van der Waals surface area contributed by atoms with Crippen LogP contribution in [0.4, 0.5) is 5.69 Å². The fourth-order valence-corrected chi connectivity index (χ4v) is 3.13. The highest BCUT2D eigenvalue weighted by molar-refractivity contribution is 7.10. The molecule has 6 heteroatoms. The van der Waals surface area contributed by atoms with Crippen LogP contribution in [0.5, 0.6) is 0 Å². The number of nitro benzene ring substituents is 1. The molecule has 3 unspecified atom stereocenters. The predicted octanol–water partition coefficient (Wildman–Crippen LogP) is 3.82. The summed E-state index contributed by atoms with van der Waals surface area (Å²) in [5, 5.41) is 26.2. The van der Waals surface area contributed by atoms with Crippen LogP contribution in [0.25, 0.3) is 0 Å². The summed E-state index contributed by atoms with van der Waals surface area (Å²) in [7, 11) is 0. The van der Waals surface area contributed by atoms with Crippen LogP contribution >= 0.6 is 11.3 Å². The van der Waals surface area contributed by atoms with E-state index in [1.807, 2.05) is 31.4 Å². The Bertz CT molecular complexity index is 598. The van der Waals surface area contributed by atoms with Crippen molar-refractivity contribution in [3.8, 4) is 0 Å². The molecule has 0 aliphatic rings. The van der Waals surface area contributed by atoms with Crippen LogP contribution in [0.15, 0.2) is 41.8 Å². The predicted molar refractivity (Wildman–Crippen MR) is 88.0 cm³/mol. The molecule has 118 valence electrons. The van der Waals surface area contributed by atoms with Gasteiger partial charge in [-0.2, -0.15) is 0 Å². The standard InChI is InChI=1S/C16H20N2O3S/c1-11(10-15(19)16-4-3-9-22-16)17-12(2)13-5-7-14(8-6-13)18(20)21/h3-9,11-12,15,17,19H,10H2,1-2H3. The van der Waals surface area contributed by atoms with Gasteiger partial charge >= 0.3 is 0 Å². The molecule has 0 radical (unpaired) electrons. The first kappa shape index (κ1) is 16.6. The fourth-order valence-electron chi connectivity index (χ4n) is 2.41. The number of nitro groups is 1. The van der Waals surface area contributed by atoms with E-state index in [0.717, 1.165) is 10.4 Å². The van der Waals surface area contributed by atoms with E-state index >= 15 is 0 Å². The molecule has 0 spiro atoms. The lowest BCUT2D eigenvalue weighted by atomic mass is 10.0. The van der Waals surface area contributed by atoms with Crippen molar-refractivity contribution in [3.05, 3.63) is 62.3 Å². The van der Waals surface area contributed by atoms with Crippen molar-refractivity contribution in [3.63, 3.8) is 0 Å². The number of nitrogens with one attached hydrogen (secondary N) is 1. The first-order valence-electron chi connectivity index (χ1n) is 7.19. The molecule has 22 heavy (non-hydrogen) atoms. The third kappa shape index (κ3) is 4.37. The topological polar surface area (TPSA) is 75.4 Å². The third-order valence-corrected chi connectivity index (χ3v) is 4.56. The van der Waals surface area contributed by atoms with Crippen LogP contribution in [0, 0.1) is 10.1 Å². The highest BCUT2D eigenvalue weighted by Gasteiger charge is 2.16. The number of hydrogen-bond donors (Lipinski definition) is 2. The molecule has 0 saturated heterocycles. The molecule has 0 saturated carbocycles. The van der Waals surface area contributed by atoms with Crippen molar-refractivity contribution in [1.29, 1.82) is 0 Å². The lowest BCUT2D eigenvalue weighted by Crippen LogP contribution is -2.30. The Morgan fingerprint density at radius 3 is 2.50 bits per heavy atom. The smallest absolute Gasteiger partial charge is 0.269 e. The molecule has 0 fully saturated rings. The Morgan fingerprint density at radius 2 is 1.95 bits per heavy atom. The van der Waals surface area contributed by atoms with Gasteiger partial charge in [-0.25, -0.2) is 0 Å². The number of rotatable bonds is 7. The molecule has 3 atom stereocenters. The van der Waals surface area contributed by atoms with Gasteiger partial charge in [0.1, 0.15) is 0 Å². The van der Waals surface area contributed by atoms with Gasteiger partial charge in [-0.05, 0) is 37.3 Å². The molecule has 5 nitrogen and oxygen atoms in total. The number of thiophene rings is 1. The van der Waals surface area contributed by atoms with Crippen molar-refractivity contribution in [1.82, 2.24) is 5.32 Å². The summed E-state index contributed by atoms with van der Waals surface area (Å²) < 4.78 is 0. The van der Waals surface area contributed by atoms with Crippen LogP contribution in [0.2, 0.25) is 0 Å². The van der Waals surface area contributed by atoms with Gasteiger partial charge in [0, 0.05) is 29.1 Å². The Morgan fingerprint density at radius 1 is 1.27 bits per heavy atom. The first-order chi connectivity index (χ1) is 10.5. The van der Waals surface area contributed by atoms with Gasteiger partial charge in [0.05, 0.1) is 11.0 Å². The second-order valence-corrected chi connectivity index (χ2v) is 6.38. The van der Waals surface area contributed by atoms with E-state index in [9.17, 15) is 15.2 Å². The largest absolute Gasteiger partial charge is 0.388 e. The summed E-state index contributed by atoms with van der Waals surface area (Å²) in [6.45, 7) is 4.04. The SMILES string of the molecule is CC(CC(O)c1cccs1)NC(C)c1ccc([N+](=O)[O-])cc1. The minimum absolute atomic E-state index is 0.0614. The molecular weight excluding hydrogens is 300 g/mol. The van der Waals surface area contributed by atoms with E-state index in [2.05, 4.69) is 5.32 Å². The van der Waals surface area contributed by atoms with Crippen LogP contribution in [-0.2, 0) is 0 Å². The molecule has 2 N–H and O–H groups in total. The van der Waals surface area contributed by atoms with Crippen LogP contribution in [-0.4, -0.2) is 16.1 Å². The Labute approximate surface area is 133 Å². The van der Waals surface area contributed by atoms with Gasteiger partial charge in [0.2, 0.25) is 0 Å². The number of hydrogen-bond acceptors (Lipinski definition) is 5. The van der Waals surface area contributed by atoms with E-state index < -0.39 is 11.0 Å². The summed E-state index contributed by atoms with van der Waals surface area (Å²) in [4.78, 5) is 11.2. The molecule has 1 aromatic heterocycles. The Balaban J connectivity index is 1.90.